The highest BCUT2D eigenvalue weighted by Gasteiger charge is 2.27. The van der Waals surface area contributed by atoms with Crippen molar-refractivity contribution in [2.75, 3.05) is 5.75 Å². The van der Waals surface area contributed by atoms with Crippen molar-refractivity contribution in [3.05, 3.63) is 35.4 Å². The molecule has 2 rings (SSSR count). The van der Waals surface area contributed by atoms with Gasteiger partial charge in [-0.05, 0) is 36.8 Å². The second-order valence-electron chi connectivity index (χ2n) is 4.22. The number of nitrogens with one attached hydrogen (secondary N) is 1. The quantitative estimate of drug-likeness (QED) is 0.646. The molecule has 94 valence electrons. The van der Waals surface area contributed by atoms with Gasteiger partial charge in [-0.15, -0.1) is 0 Å². The summed E-state index contributed by atoms with van der Waals surface area (Å²) in [5.41, 5.74) is 2.95. The lowest BCUT2D eigenvalue weighted by Gasteiger charge is -2.29. The van der Waals surface area contributed by atoms with Crippen molar-refractivity contribution in [2.24, 2.45) is 5.84 Å². The Morgan fingerprint density at radius 2 is 2.18 bits per heavy atom. The first-order valence-electron chi connectivity index (χ1n) is 5.75. The van der Waals surface area contributed by atoms with Gasteiger partial charge in [0.15, 0.2) is 0 Å². The molecule has 0 bridgehead atoms. The van der Waals surface area contributed by atoms with Crippen molar-refractivity contribution in [1.82, 2.24) is 5.43 Å². The zero-order valence-electron chi connectivity index (χ0n) is 9.46. The Morgan fingerprint density at radius 1 is 1.35 bits per heavy atom. The number of benzene rings is 1. The van der Waals surface area contributed by atoms with Gasteiger partial charge < -0.3 is 0 Å². The first-order valence-corrected chi connectivity index (χ1v) is 6.80. The van der Waals surface area contributed by atoms with E-state index in [4.69, 9.17) is 5.84 Å². The average Bonchev–Trinajstić information content (AvgIpc) is 2.36. The SMILES string of the molecule is NNC(c1cc(F)ccc1F)C1CCCCS1. The van der Waals surface area contributed by atoms with Crippen molar-refractivity contribution >= 4 is 11.8 Å². The Balaban J connectivity index is 2.24. The molecule has 2 unspecified atom stereocenters. The van der Waals surface area contributed by atoms with Crippen molar-refractivity contribution in [3.63, 3.8) is 0 Å². The van der Waals surface area contributed by atoms with Crippen molar-refractivity contribution in [3.8, 4) is 0 Å². The molecule has 1 fully saturated rings. The minimum Gasteiger partial charge on any atom is -0.271 e. The second-order valence-corrected chi connectivity index (χ2v) is 5.56. The van der Waals surface area contributed by atoms with Crippen LogP contribution < -0.4 is 11.3 Å². The van der Waals surface area contributed by atoms with Crippen LogP contribution in [0.1, 0.15) is 30.9 Å². The summed E-state index contributed by atoms with van der Waals surface area (Å²) in [7, 11) is 0. The van der Waals surface area contributed by atoms with Crippen molar-refractivity contribution in [2.45, 2.75) is 30.6 Å². The number of hydrogen-bond acceptors (Lipinski definition) is 3. The largest absolute Gasteiger partial charge is 0.271 e. The zero-order chi connectivity index (χ0) is 12.3. The van der Waals surface area contributed by atoms with Gasteiger partial charge in [0.1, 0.15) is 11.6 Å². The fourth-order valence-corrected chi connectivity index (χ4v) is 3.60. The maximum atomic E-state index is 13.7. The fraction of sp³-hybridized carbons (Fsp3) is 0.500. The van der Waals surface area contributed by atoms with Crippen LogP contribution in [0.3, 0.4) is 0 Å². The van der Waals surface area contributed by atoms with Gasteiger partial charge in [-0.2, -0.15) is 11.8 Å². The van der Waals surface area contributed by atoms with Gasteiger partial charge in [0, 0.05) is 10.8 Å². The van der Waals surface area contributed by atoms with Crippen LogP contribution in [-0.2, 0) is 0 Å². The monoisotopic (exact) mass is 258 g/mol. The first-order chi connectivity index (χ1) is 8.22. The lowest BCUT2D eigenvalue weighted by Crippen LogP contribution is -2.37. The van der Waals surface area contributed by atoms with E-state index in [0.717, 1.165) is 30.7 Å². The molecule has 0 amide bonds. The number of thioether (sulfide) groups is 1. The molecule has 1 saturated heterocycles. The van der Waals surface area contributed by atoms with Crippen LogP contribution in [0.2, 0.25) is 0 Å². The highest BCUT2D eigenvalue weighted by atomic mass is 32.2. The molecular formula is C12H16F2N2S. The average molecular weight is 258 g/mol. The summed E-state index contributed by atoms with van der Waals surface area (Å²) < 4.78 is 26.9. The van der Waals surface area contributed by atoms with Gasteiger partial charge >= 0.3 is 0 Å². The first kappa shape index (κ1) is 12.8. The molecule has 0 aliphatic carbocycles. The highest BCUT2D eigenvalue weighted by molar-refractivity contribution is 8.00. The molecule has 3 N–H and O–H groups in total. The second kappa shape index (κ2) is 5.80. The van der Waals surface area contributed by atoms with E-state index in [1.165, 1.54) is 12.5 Å². The van der Waals surface area contributed by atoms with Crippen LogP contribution >= 0.6 is 11.8 Å². The summed E-state index contributed by atoms with van der Waals surface area (Å²) in [6.45, 7) is 0. The van der Waals surface area contributed by atoms with Gasteiger partial charge in [0.05, 0.1) is 6.04 Å². The maximum Gasteiger partial charge on any atom is 0.128 e. The van der Waals surface area contributed by atoms with E-state index in [1.807, 2.05) is 0 Å². The standard InChI is InChI=1S/C12H16F2N2S/c13-8-4-5-10(14)9(7-8)12(16-15)11-3-1-2-6-17-11/h4-5,7,11-12,16H,1-3,6,15H2. The van der Waals surface area contributed by atoms with Crippen LogP contribution in [0, 0.1) is 11.6 Å². The van der Waals surface area contributed by atoms with E-state index in [1.54, 1.807) is 11.8 Å². The van der Waals surface area contributed by atoms with Crippen molar-refractivity contribution in [1.29, 1.82) is 0 Å². The summed E-state index contributed by atoms with van der Waals surface area (Å²) >= 11 is 1.77. The molecule has 1 aliphatic heterocycles. The van der Waals surface area contributed by atoms with E-state index < -0.39 is 11.6 Å². The third kappa shape index (κ3) is 2.97. The normalized spacial score (nSPS) is 22.4. The van der Waals surface area contributed by atoms with Crippen LogP contribution in [0.15, 0.2) is 18.2 Å². The predicted octanol–water partition coefficient (Wildman–Crippen LogP) is 2.75. The third-order valence-electron chi connectivity index (χ3n) is 3.06. The van der Waals surface area contributed by atoms with Crippen molar-refractivity contribution < 1.29 is 8.78 Å². The van der Waals surface area contributed by atoms with Crippen LogP contribution in [-0.4, -0.2) is 11.0 Å². The van der Waals surface area contributed by atoms with E-state index in [0.29, 0.717) is 5.56 Å². The Bertz CT molecular complexity index is 381. The molecule has 1 aliphatic rings. The number of hydrazine groups is 1. The number of nitrogens with two attached hydrogens (primary N) is 1. The maximum absolute atomic E-state index is 13.7. The van der Waals surface area contributed by atoms with E-state index in [2.05, 4.69) is 5.43 Å². The summed E-state index contributed by atoms with van der Waals surface area (Å²) in [5.74, 6) is 5.73. The molecule has 5 heteroatoms. The van der Waals surface area contributed by atoms with Crippen LogP contribution in [0.5, 0.6) is 0 Å². The van der Waals surface area contributed by atoms with Gasteiger partial charge in [-0.1, -0.05) is 6.42 Å². The summed E-state index contributed by atoms with van der Waals surface area (Å²) in [5, 5.41) is 0.213. The Hall–Kier alpha value is -0.650. The zero-order valence-corrected chi connectivity index (χ0v) is 10.3. The smallest absolute Gasteiger partial charge is 0.128 e. The molecule has 2 atom stereocenters. The van der Waals surface area contributed by atoms with E-state index in [9.17, 15) is 8.78 Å². The molecule has 0 aromatic heterocycles. The minimum absolute atomic E-state index is 0.213. The molecule has 1 heterocycles. The molecule has 1 aromatic carbocycles. The van der Waals surface area contributed by atoms with E-state index in [-0.39, 0.29) is 11.3 Å². The predicted molar refractivity (Wildman–Crippen MR) is 66.5 cm³/mol. The van der Waals surface area contributed by atoms with Gasteiger partial charge in [-0.25, -0.2) is 8.78 Å². The summed E-state index contributed by atoms with van der Waals surface area (Å²) in [6.07, 6.45) is 3.28. The minimum atomic E-state index is -0.428. The molecular weight excluding hydrogens is 242 g/mol. The summed E-state index contributed by atoms with van der Waals surface area (Å²) in [4.78, 5) is 0. The molecule has 0 saturated carbocycles. The topological polar surface area (TPSA) is 38.0 Å². The van der Waals surface area contributed by atoms with E-state index >= 15 is 0 Å². The third-order valence-corrected chi connectivity index (χ3v) is 4.52. The van der Waals surface area contributed by atoms with Crippen LogP contribution in [0.25, 0.3) is 0 Å². The lowest BCUT2D eigenvalue weighted by molar-refractivity contribution is 0.464. The Labute approximate surface area is 104 Å². The highest BCUT2D eigenvalue weighted by Crippen LogP contribution is 2.35. The Morgan fingerprint density at radius 3 is 2.82 bits per heavy atom. The lowest BCUT2D eigenvalue weighted by atomic mass is 9.99. The molecule has 17 heavy (non-hydrogen) atoms. The van der Waals surface area contributed by atoms with Gasteiger partial charge in [-0.3, -0.25) is 11.3 Å². The molecule has 1 aromatic rings. The number of rotatable bonds is 3. The van der Waals surface area contributed by atoms with Gasteiger partial charge in [0.2, 0.25) is 0 Å². The van der Waals surface area contributed by atoms with Crippen LogP contribution in [0.4, 0.5) is 8.78 Å². The number of hydrogen-bond donors (Lipinski definition) is 2. The molecule has 0 radical (unpaired) electrons. The fourth-order valence-electron chi connectivity index (χ4n) is 2.18. The molecule has 2 nitrogen and oxygen atoms in total. The Kier molecular flexibility index (Phi) is 4.36. The van der Waals surface area contributed by atoms with Gasteiger partial charge in [0.25, 0.3) is 0 Å². The molecule has 0 spiro atoms. The summed E-state index contributed by atoms with van der Waals surface area (Å²) in [6, 6.07) is 3.19. The number of halogens is 2.